The van der Waals surface area contributed by atoms with E-state index >= 15 is 0 Å². The minimum Gasteiger partial charge on any atom is -0.270 e. The Kier molecular flexibility index (Phi) is 4.52. The highest BCUT2D eigenvalue weighted by molar-refractivity contribution is 7.85. The number of hydrogen-bond acceptors (Lipinski definition) is 3. The second kappa shape index (κ2) is 6.15. The fraction of sp³-hybridized carbons (Fsp3) is 0.200. The van der Waals surface area contributed by atoms with Crippen LogP contribution in [-0.4, -0.2) is 21.3 Å². The van der Waals surface area contributed by atoms with Crippen molar-refractivity contribution in [3.8, 4) is 11.1 Å². The molecule has 0 aromatic heterocycles. The number of rotatable bonds is 5. The Bertz CT molecular complexity index is 661. The average Bonchev–Trinajstić information content (AvgIpc) is 2.39. The van der Waals surface area contributed by atoms with Gasteiger partial charge in [0.15, 0.2) is 0 Å². The number of halogens is 1. The Balaban J connectivity index is 2.01. The van der Waals surface area contributed by atoms with E-state index in [2.05, 4.69) is 0 Å². The summed E-state index contributed by atoms with van der Waals surface area (Å²) in [6.45, 7) is 0.134. The zero-order valence-electron chi connectivity index (χ0n) is 11.0. The zero-order chi connectivity index (χ0) is 14.6. The van der Waals surface area contributed by atoms with Gasteiger partial charge in [0.05, 0.1) is 12.9 Å². The first-order chi connectivity index (χ1) is 9.44. The van der Waals surface area contributed by atoms with Gasteiger partial charge in [-0.2, -0.15) is 8.42 Å². The van der Waals surface area contributed by atoms with Gasteiger partial charge in [-0.3, -0.25) is 4.18 Å². The van der Waals surface area contributed by atoms with Gasteiger partial charge in [0, 0.05) is 0 Å². The fourth-order valence-corrected chi connectivity index (χ4v) is 2.20. The lowest BCUT2D eigenvalue weighted by molar-refractivity contribution is 0.326. The first-order valence-electron chi connectivity index (χ1n) is 6.13. The van der Waals surface area contributed by atoms with Crippen molar-refractivity contribution in [3.63, 3.8) is 0 Å². The van der Waals surface area contributed by atoms with Gasteiger partial charge in [-0.1, -0.05) is 36.4 Å². The number of benzene rings is 2. The molecule has 0 saturated heterocycles. The van der Waals surface area contributed by atoms with Crippen LogP contribution in [0.15, 0.2) is 48.5 Å². The average molecular weight is 294 g/mol. The maximum absolute atomic E-state index is 12.8. The molecular weight excluding hydrogens is 279 g/mol. The van der Waals surface area contributed by atoms with Crippen LogP contribution in [0.4, 0.5) is 4.39 Å². The van der Waals surface area contributed by atoms with E-state index < -0.39 is 10.1 Å². The summed E-state index contributed by atoms with van der Waals surface area (Å²) >= 11 is 0. The van der Waals surface area contributed by atoms with Gasteiger partial charge in [0.1, 0.15) is 5.82 Å². The van der Waals surface area contributed by atoms with Crippen LogP contribution >= 0.6 is 0 Å². The normalized spacial score (nSPS) is 11.5. The van der Waals surface area contributed by atoms with E-state index in [1.54, 1.807) is 12.1 Å². The highest BCUT2D eigenvalue weighted by atomic mass is 32.2. The Morgan fingerprint density at radius 3 is 1.95 bits per heavy atom. The second-order valence-corrected chi connectivity index (χ2v) is 6.12. The molecule has 0 unspecified atom stereocenters. The van der Waals surface area contributed by atoms with Gasteiger partial charge in [0.25, 0.3) is 10.1 Å². The highest BCUT2D eigenvalue weighted by Crippen LogP contribution is 2.20. The molecule has 0 aliphatic heterocycles. The fourth-order valence-electron chi connectivity index (χ4n) is 1.82. The first kappa shape index (κ1) is 14.7. The smallest absolute Gasteiger partial charge is 0.264 e. The molecule has 2 rings (SSSR count). The van der Waals surface area contributed by atoms with Gasteiger partial charge in [-0.05, 0) is 35.2 Å². The largest absolute Gasteiger partial charge is 0.270 e. The maximum atomic E-state index is 12.8. The molecule has 0 fully saturated rings. The van der Waals surface area contributed by atoms with Crippen molar-refractivity contribution >= 4 is 10.1 Å². The van der Waals surface area contributed by atoms with E-state index in [-0.39, 0.29) is 12.4 Å². The molecule has 0 aliphatic carbocycles. The first-order valence-corrected chi connectivity index (χ1v) is 7.95. The second-order valence-electron chi connectivity index (χ2n) is 4.48. The molecule has 0 aliphatic rings. The molecule has 2 aromatic carbocycles. The van der Waals surface area contributed by atoms with Gasteiger partial charge < -0.3 is 0 Å². The lowest BCUT2D eigenvalue weighted by Gasteiger charge is -2.05. The Morgan fingerprint density at radius 1 is 0.950 bits per heavy atom. The van der Waals surface area contributed by atoms with Crippen molar-refractivity contribution in [3.05, 3.63) is 59.9 Å². The third-order valence-corrected chi connectivity index (χ3v) is 3.41. The van der Waals surface area contributed by atoms with Crippen LogP contribution in [0, 0.1) is 5.82 Å². The van der Waals surface area contributed by atoms with Crippen LogP contribution in [0.1, 0.15) is 5.56 Å². The summed E-state index contributed by atoms with van der Waals surface area (Å²) < 4.78 is 39.2. The summed E-state index contributed by atoms with van der Waals surface area (Å²) in [7, 11) is -3.39. The molecule has 0 radical (unpaired) electrons. The monoisotopic (exact) mass is 294 g/mol. The SMILES string of the molecule is CS(=O)(=O)OCCc1ccc(-c2ccc(F)cc2)cc1. The quantitative estimate of drug-likeness (QED) is 0.796. The van der Waals surface area contributed by atoms with Gasteiger partial charge >= 0.3 is 0 Å². The molecule has 2 aromatic rings. The van der Waals surface area contributed by atoms with E-state index in [0.717, 1.165) is 22.9 Å². The van der Waals surface area contributed by atoms with Gasteiger partial charge in [0.2, 0.25) is 0 Å². The maximum Gasteiger partial charge on any atom is 0.264 e. The highest BCUT2D eigenvalue weighted by Gasteiger charge is 2.02. The van der Waals surface area contributed by atoms with E-state index in [9.17, 15) is 12.8 Å². The van der Waals surface area contributed by atoms with E-state index in [4.69, 9.17) is 4.18 Å². The summed E-state index contributed by atoms with van der Waals surface area (Å²) in [5.74, 6) is -0.261. The summed E-state index contributed by atoms with van der Waals surface area (Å²) in [5, 5.41) is 0. The third kappa shape index (κ3) is 4.43. The minimum absolute atomic E-state index is 0.134. The van der Waals surface area contributed by atoms with E-state index in [0.29, 0.717) is 6.42 Å². The van der Waals surface area contributed by atoms with Gasteiger partial charge in [-0.15, -0.1) is 0 Å². The van der Waals surface area contributed by atoms with Crippen molar-refractivity contribution in [1.82, 2.24) is 0 Å². The predicted molar refractivity (Wildman–Crippen MR) is 76.3 cm³/mol. The standard InChI is InChI=1S/C15H15FO3S/c1-20(17,18)19-11-10-12-2-4-13(5-3-12)14-6-8-15(16)9-7-14/h2-9H,10-11H2,1H3. The summed E-state index contributed by atoms with van der Waals surface area (Å²) in [6.07, 6.45) is 1.56. The minimum atomic E-state index is -3.39. The summed E-state index contributed by atoms with van der Waals surface area (Å²) in [4.78, 5) is 0. The molecule has 0 N–H and O–H groups in total. The number of hydrogen-bond donors (Lipinski definition) is 0. The van der Waals surface area contributed by atoms with Crippen molar-refractivity contribution in [2.24, 2.45) is 0 Å². The molecule has 0 amide bonds. The predicted octanol–water partition coefficient (Wildman–Crippen LogP) is 3.01. The molecule has 20 heavy (non-hydrogen) atoms. The van der Waals surface area contributed by atoms with Crippen LogP contribution in [0.2, 0.25) is 0 Å². The molecular formula is C15H15FO3S. The van der Waals surface area contributed by atoms with E-state index in [1.165, 1.54) is 12.1 Å². The molecule has 5 heteroatoms. The molecule has 3 nitrogen and oxygen atoms in total. The molecule has 0 heterocycles. The van der Waals surface area contributed by atoms with Crippen LogP contribution in [-0.2, 0) is 20.7 Å². The van der Waals surface area contributed by atoms with E-state index in [1.807, 2.05) is 24.3 Å². The Hall–Kier alpha value is -1.72. The zero-order valence-corrected chi connectivity index (χ0v) is 11.9. The molecule has 0 atom stereocenters. The third-order valence-electron chi connectivity index (χ3n) is 2.82. The summed E-state index contributed by atoms with van der Waals surface area (Å²) in [5.41, 5.74) is 2.91. The molecule has 0 saturated carbocycles. The Labute approximate surface area is 118 Å². The van der Waals surface area contributed by atoms with Crippen LogP contribution in [0.25, 0.3) is 11.1 Å². The molecule has 0 bridgehead atoms. The van der Waals surface area contributed by atoms with Crippen molar-refractivity contribution in [2.75, 3.05) is 12.9 Å². The van der Waals surface area contributed by atoms with Gasteiger partial charge in [-0.25, -0.2) is 4.39 Å². The lowest BCUT2D eigenvalue weighted by Crippen LogP contribution is -2.06. The van der Waals surface area contributed by atoms with Crippen LogP contribution in [0.5, 0.6) is 0 Å². The van der Waals surface area contributed by atoms with Crippen LogP contribution < -0.4 is 0 Å². The van der Waals surface area contributed by atoms with Crippen molar-refractivity contribution in [2.45, 2.75) is 6.42 Å². The Morgan fingerprint density at radius 2 is 1.45 bits per heavy atom. The molecule has 0 spiro atoms. The summed E-state index contributed by atoms with van der Waals surface area (Å²) in [6, 6.07) is 13.9. The molecule has 106 valence electrons. The lowest BCUT2D eigenvalue weighted by atomic mass is 10.0. The topological polar surface area (TPSA) is 43.4 Å². The van der Waals surface area contributed by atoms with Crippen molar-refractivity contribution < 1.29 is 17.0 Å². The van der Waals surface area contributed by atoms with Crippen LogP contribution in [0.3, 0.4) is 0 Å². The van der Waals surface area contributed by atoms with Crippen molar-refractivity contribution in [1.29, 1.82) is 0 Å².